The topological polar surface area (TPSA) is 33.1 Å². The van der Waals surface area contributed by atoms with Crippen molar-refractivity contribution in [1.29, 1.82) is 0 Å². The molecule has 0 saturated carbocycles. The van der Waals surface area contributed by atoms with Gasteiger partial charge in [0.25, 0.3) is 0 Å². The molecule has 1 fully saturated rings. The standard InChI is InChI=1S/C15H28N4/c1-5-13-10-14(18(4)17-13)11-19-9-8-16-12-15(19,6-2)7-3/h10,16H,5-9,11-12H2,1-4H3. The quantitative estimate of drug-likeness (QED) is 0.882. The summed E-state index contributed by atoms with van der Waals surface area (Å²) >= 11 is 0. The minimum Gasteiger partial charge on any atom is -0.314 e. The molecule has 4 nitrogen and oxygen atoms in total. The first kappa shape index (κ1) is 14.5. The number of hydrogen-bond acceptors (Lipinski definition) is 3. The number of nitrogens with zero attached hydrogens (tertiary/aromatic N) is 3. The molecule has 2 rings (SSSR count). The lowest BCUT2D eigenvalue weighted by Gasteiger charge is -2.47. The number of hydrogen-bond donors (Lipinski definition) is 1. The van der Waals surface area contributed by atoms with Crippen molar-refractivity contribution in [1.82, 2.24) is 20.0 Å². The zero-order chi connectivity index (χ0) is 13.9. The Kier molecular flexibility index (Phi) is 4.63. The second kappa shape index (κ2) is 6.06. The Labute approximate surface area is 117 Å². The third-order valence-electron chi connectivity index (χ3n) is 4.74. The van der Waals surface area contributed by atoms with Crippen molar-refractivity contribution in [2.75, 3.05) is 19.6 Å². The maximum Gasteiger partial charge on any atom is 0.0625 e. The molecule has 0 atom stereocenters. The number of nitrogens with one attached hydrogen (secondary N) is 1. The average Bonchev–Trinajstić information content (AvgIpc) is 2.80. The molecule has 1 saturated heterocycles. The highest BCUT2D eigenvalue weighted by molar-refractivity contribution is 5.11. The van der Waals surface area contributed by atoms with Gasteiger partial charge in [-0.3, -0.25) is 9.58 Å². The summed E-state index contributed by atoms with van der Waals surface area (Å²) in [5, 5.41) is 8.13. The summed E-state index contributed by atoms with van der Waals surface area (Å²) in [6.07, 6.45) is 3.42. The van der Waals surface area contributed by atoms with Crippen LogP contribution in [0.15, 0.2) is 6.07 Å². The summed E-state index contributed by atoms with van der Waals surface area (Å²) in [5.41, 5.74) is 2.85. The van der Waals surface area contributed by atoms with Gasteiger partial charge in [-0.2, -0.15) is 5.10 Å². The highest BCUT2D eigenvalue weighted by Gasteiger charge is 2.35. The SMILES string of the molecule is CCc1cc(CN2CCNCC2(CC)CC)n(C)n1. The number of piperazine rings is 1. The van der Waals surface area contributed by atoms with Crippen LogP contribution in [0.2, 0.25) is 0 Å². The molecule has 1 aromatic rings. The van der Waals surface area contributed by atoms with Gasteiger partial charge in [0.05, 0.1) is 11.4 Å². The second-order valence-electron chi connectivity index (χ2n) is 5.63. The molecule has 1 aliphatic heterocycles. The van der Waals surface area contributed by atoms with Gasteiger partial charge in [-0.1, -0.05) is 20.8 Å². The highest BCUT2D eigenvalue weighted by atomic mass is 15.3. The van der Waals surface area contributed by atoms with E-state index in [1.54, 1.807) is 0 Å². The van der Waals surface area contributed by atoms with Crippen LogP contribution in [0, 0.1) is 0 Å². The van der Waals surface area contributed by atoms with Gasteiger partial charge in [-0.05, 0) is 25.3 Å². The van der Waals surface area contributed by atoms with E-state index in [-0.39, 0.29) is 0 Å². The van der Waals surface area contributed by atoms with Crippen LogP contribution in [-0.2, 0) is 20.0 Å². The molecule has 0 unspecified atom stereocenters. The Balaban J connectivity index is 2.17. The summed E-state index contributed by atoms with van der Waals surface area (Å²) in [4.78, 5) is 2.65. The van der Waals surface area contributed by atoms with Crippen molar-refractivity contribution in [2.24, 2.45) is 7.05 Å². The summed E-state index contributed by atoms with van der Waals surface area (Å²) in [7, 11) is 2.07. The lowest BCUT2D eigenvalue weighted by atomic mass is 9.88. The Morgan fingerprint density at radius 3 is 2.63 bits per heavy atom. The molecule has 1 N–H and O–H groups in total. The van der Waals surface area contributed by atoms with Crippen LogP contribution in [0.3, 0.4) is 0 Å². The predicted molar refractivity (Wildman–Crippen MR) is 79.2 cm³/mol. The fourth-order valence-corrected chi connectivity index (χ4v) is 3.17. The third kappa shape index (κ3) is 2.84. The van der Waals surface area contributed by atoms with Crippen LogP contribution in [0.1, 0.15) is 45.0 Å². The van der Waals surface area contributed by atoms with Crippen LogP contribution in [0.4, 0.5) is 0 Å². The number of aryl methyl sites for hydroxylation is 2. The maximum absolute atomic E-state index is 4.57. The lowest BCUT2D eigenvalue weighted by Crippen LogP contribution is -2.60. The molecule has 0 bridgehead atoms. The van der Waals surface area contributed by atoms with Crippen LogP contribution < -0.4 is 5.32 Å². The Morgan fingerprint density at radius 2 is 2.05 bits per heavy atom. The molecular weight excluding hydrogens is 236 g/mol. The van der Waals surface area contributed by atoms with Crippen molar-refractivity contribution < 1.29 is 0 Å². The molecule has 108 valence electrons. The molecule has 1 aliphatic rings. The van der Waals surface area contributed by atoms with Gasteiger partial charge in [0, 0.05) is 38.8 Å². The van der Waals surface area contributed by atoms with Crippen LogP contribution >= 0.6 is 0 Å². The molecule has 1 aromatic heterocycles. The van der Waals surface area contributed by atoms with Crippen molar-refractivity contribution in [3.63, 3.8) is 0 Å². The largest absolute Gasteiger partial charge is 0.314 e. The minimum atomic E-state index is 0.314. The van der Waals surface area contributed by atoms with Crippen LogP contribution in [0.25, 0.3) is 0 Å². The normalized spacial score (nSPS) is 19.8. The summed E-state index contributed by atoms with van der Waals surface area (Å²) in [5.74, 6) is 0. The van der Waals surface area contributed by atoms with Crippen LogP contribution in [-0.4, -0.2) is 39.9 Å². The first-order valence-corrected chi connectivity index (χ1v) is 7.62. The van der Waals surface area contributed by atoms with E-state index in [9.17, 15) is 0 Å². The van der Waals surface area contributed by atoms with E-state index in [4.69, 9.17) is 0 Å². The first-order chi connectivity index (χ1) is 9.15. The zero-order valence-corrected chi connectivity index (χ0v) is 12.9. The summed E-state index contributed by atoms with van der Waals surface area (Å²) in [6, 6.07) is 2.26. The molecule has 19 heavy (non-hydrogen) atoms. The Hall–Kier alpha value is -0.870. The van der Waals surface area contributed by atoms with Gasteiger partial charge in [-0.25, -0.2) is 0 Å². The van der Waals surface area contributed by atoms with Crippen molar-refractivity contribution in [3.8, 4) is 0 Å². The van der Waals surface area contributed by atoms with Gasteiger partial charge in [-0.15, -0.1) is 0 Å². The fourth-order valence-electron chi connectivity index (χ4n) is 3.17. The number of aromatic nitrogens is 2. The fraction of sp³-hybridized carbons (Fsp3) is 0.800. The van der Waals surface area contributed by atoms with Gasteiger partial charge in [0.15, 0.2) is 0 Å². The van der Waals surface area contributed by atoms with E-state index in [1.807, 2.05) is 0 Å². The predicted octanol–water partition coefficient (Wildman–Crippen LogP) is 1.95. The molecule has 0 amide bonds. The molecular formula is C15H28N4. The molecule has 0 aliphatic carbocycles. The van der Waals surface area contributed by atoms with Crippen molar-refractivity contribution in [2.45, 2.75) is 52.1 Å². The molecule has 2 heterocycles. The van der Waals surface area contributed by atoms with E-state index in [0.29, 0.717) is 5.54 Å². The van der Waals surface area contributed by atoms with Gasteiger partial charge in [0.1, 0.15) is 0 Å². The third-order valence-corrected chi connectivity index (χ3v) is 4.74. The molecule has 0 spiro atoms. The van der Waals surface area contributed by atoms with E-state index in [0.717, 1.165) is 32.6 Å². The van der Waals surface area contributed by atoms with E-state index in [1.165, 1.54) is 24.2 Å². The summed E-state index contributed by atoms with van der Waals surface area (Å²) in [6.45, 7) is 11.1. The van der Waals surface area contributed by atoms with Gasteiger partial charge < -0.3 is 5.32 Å². The van der Waals surface area contributed by atoms with Gasteiger partial charge in [0.2, 0.25) is 0 Å². The zero-order valence-electron chi connectivity index (χ0n) is 12.9. The van der Waals surface area contributed by atoms with Crippen molar-refractivity contribution >= 4 is 0 Å². The van der Waals surface area contributed by atoms with E-state index < -0.39 is 0 Å². The Morgan fingerprint density at radius 1 is 1.32 bits per heavy atom. The average molecular weight is 264 g/mol. The molecule has 0 radical (unpaired) electrons. The summed E-state index contributed by atoms with van der Waals surface area (Å²) < 4.78 is 2.05. The van der Waals surface area contributed by atoms with Crippen LogP contribution in [0.5, 0.6) is 0 Å². The highest BCUT2D eigenvalue weighted by Crippen LogP contribution is 2.27. The van der Waals surface area contributed by atoms with E-state index in [2.05, 4.69) is 53.9 Å². The minimum absolute atomic E-state index is 0.314. The van der Waals surface area contributed by atoms with E-state index >= 15 is 0 Å². The Bertz CT molecular complexity index is 406. The van der Waals surface area contributed by atoms with Gasteiger partial charge >= 0.3 is 0 Å². The van der Waals surface area contributed by atoms with Crippen molar-refractivity contribution in [3.05, 3.63) is 17.5 Å². The second-order valence-corrected chi connectivity index (χ2v) is 5.63. The lowest BCUT2D eigenvalue weighted by molar-refractivity contribution is 0.0427. The first-order valence-electron chi connectivity index (χ1n) is 7.62. The molecule has 0 aromatic carbocycles. The molecule has 4 heteroatoms. The smallest absolute Gasteiger partial charge is 0.0625 e. The monoisotopic (exact) mass is 264 g/mol. The maximum atomic E-state index is 4.57. The number of rotatable bonds is 5.